The molecule has 1 aliphatic heterocycles. The molecule has 0 bridgehead atoms. The van der Waals surface area contributed by atoms with Crippen LogP contribution in [0.4, 0.5) is 0 Å². The summed E-state index contributed by atoms with van der Waals surface area (Å²) in [6.45, 7) is 1.80. The minimum absolute atomic E-state index is 0.0627. The lowest BCUT2D eigenvalue weighted by atomic mass is 10.0. The topological polar surface area (TPSA) is 67.8 Å². The standard InChI is InChI=1S/C14H19NO4.S5/c1-9(16)19-14-12(15-8-13(14)17)7-10-3-5-11(18-2)6-4-10;1-3-5-4-2/h3-6,12-15,17H,7-8H2,1-2H3;/t12-,13+,14+;/m1./s1. The van der Waals surface area contributed by atoms with Crippen LogP contribution in [-0.4, -0.2) is 43.0 Å². The molecule has 10 heteroatoms. The van der Waals surface area contributed by atoms with Crippen LogP contribution in [-0.2, 0) is 65.0 Å². The molecule has 0 saturated carbocycles. The number of hydrogen-bond acceptors (Lipinski definition) is 7. The summed E-state index contributed by atoms with van der Waals surface area (Å²) >= 11 is 8.89. The zero-order chi connectivity index (χ0) is 17.9. The molecule has 1 heterocycles. The van der Waals surface area contributed by atoms with Crippen molar-refractivity contribution in [3.05, 3.63) is 29.8 Å². The second kappa shape index (κ2) is 12.0. The van der Waals surface area contributed by atoms with Crippen molar-refractivity contribution in [1.29, 1.82) is 0 Å². The predicted molar refractivity (Wildman–Crippen MR) is 107 cm³/mol. The normalized spacial score (nSPS) is 21.9. The molecule has 5 nitrogen and oxygen atoms in total. The minimum Gasteiger partial charge on any atom is -0.497 e. The number of hydrogen-bond donors (Lipinski definition) is 2. The van der Waals surface area contributed by atoms with Crippen molar-refractivity contribution in [2.45, 2.75) is 31.6 Å². The molecule has 134 valence electrons. The number of rotatable bonds is 4. The maximum absolute atomic E-state index is 11.0. The third-order valence-corrected chi connectivity index (χ3v) is 7.78. The van der Waals surface area contributed by atoms with Gasteiger partial charge in [0.2, 0.25) is 0 Å². The quantitative estimate of drug-likeness (QED) is 0.681. The van der Waals surface area contributed by atoms with Gasteiger partial charge in [-0.3, -0.25) is 4.79 Å². The van der Waals surface area contributed by atoms with Gasteiger partial charge in [0.1, 0.15) is 18.0 Å². The molecular weight excluding hydrogens is 406 g/mol. The summed E-state index contributed by atoms with van der Waals surface area (Å²) < 4.78 is 10.3. The second-order valence-electron chi connectivity index (χ2n) is 4.91. The van der Waals surface area contributed by atoms with Crippen LogP contribution in [0.25, 0.3) is 0 Å². The number of carbonyl (C=O) groups is 1. The van der Waals surface area contributed by atoms with Gasteiger partial charge in [-0.15, -0.1) is 0 Å². The Bertz CT molecular complexity index is 640. The third-order valence-electron chi connectivity index (χ3n) is 3.34. The van der Waals surface area contributed by atoms with E-state index >= 15 is 0 Å². The molecule has 2 rings (SSSR count). The van der Waals surface area contributed by atoms with E-state index < -0.39 is 12.2 Å². The van der Waals surface area contributed by atoms with E-state index in [-0.39, 0.29) is 12.0 Å². The van der Waals surface area contributed by atoms with Crippen molar-refractivity contribution < 1.29 is 19.4 Å². The number of carbonyl (C=O) groups excluding carboxylic acids is 1. The second-order valence-corrected chi connectivity index (χ2v) is 10.2. The molecular formula is C14H19NO4S5. The Hall–Kier alpha value is -0.490. The molecule has 1 fully saturated rings. The molecule has 3 atom stereocenters. The number of ether oxygens (including phenoxy) is 2. The summed E-state index contributed by atoms with van der Waals surface area (Å²) in [6, 6.07) is 7.65. The van der Waals surface area contributed by atoms with E-state index in [2.05, 4.69) is 27.7 Å². The van der Waals surface area contributed by atoms with Crippen LogP contribution in [0.3, 0.4) is 0 Å². The smallest absolute Gasteiger partial charge is 0.303 e. The van der Waals surface area contributed by atoms with Crippen LogP contribution in [0, 0.1) is 0 Å². The molecule has 0 aromatic heterocycles. The first-order valence-corrected chi connectivity index (χ1v) is 12.3. The van der Waals surface area contributed by atoms with Crippen LogP contribution >= 0.6 is 0 Å². The highest BCUT2D eigenvalue weighted by Gasteiger charge is 2.37. The third kappa shape index (κ3) is 7.60. The van der Waals surface area contributed by atoms with Gasteiger partial charge in [-0.2, -0.15) is 0 Å². The highest BCUT2D eigenvalue weighted by atomic mass is 33.3. The summed E-state index contributed by atoms with van der Waals surface area (Å²) in [6.07, 6.45) is -0.439. The lowest BCUT2D eigenvalue weighted by molar-refractivity contribution is -0.151. The average Bonchev–Trinajstić information content (AvgIpc) is 2.89. The van der Waals surface area contributed by atoms with Crippen molar-refractivity contribution in [3.8, 4) is 5.75 Å². The Balaban J connectivity index is 0.000000505. The summed E-state index contributed by atoms with van der Waals surface area (Å²) in [5.74, 6) is 0.437. The number of aliphatic hydroxyl groups is 1. The van der Waals surface area contributed by atoms with E-state index in [4.69, 9.17) is 9.47 Å². The Labute approximate surface area is 160 Å². The molecule has 24 heavy (non-hydrogen) atoms. The summed E-state index contributed by atoms with van der Waals surface area (Å²) in [4.78, 5) is 11.0. The number of nitrogens with one attached hydrogen (secondary N) is 1. The first-order chi connectivity index (χ1) is 11.5. The van der Waals surface area contributed by atoms with Gasteiger partial charge in [0.25, 0.3) is 0 Å². The van der Waals surface area contributed by atoms with Crippen molar-refractivity contribution in [3.63, 3.8) is 0 Å². The van der Waals surface area contributed by atoms with Gasteiger partial charge in [-0.1, -0.05) is 12.1 Å². The molecule has 0 radical (unpaired) electrons. The van der Waals surface area contributed by atoms with E-state index in [1.165, 1.54) is 33.6 Å². The van der Waals surface area contributed by atoms with Gasteiger partial charge in [0.15, 0.2) is 0 Å². The molecule has 1 aromatic carbocycles. The lowest BCUT2D eigenvalue weighted by Gasteiger charge is -2.21. The fourth-order valence-electron chi connectivity index (χ4n) is 2.34. The van der Waals surface area contributed by atoms with E-state index in [1.807, 2.05) is 24.3 Å². The van der Waals surface area contributed by atoms with Gasteiger partial charge in [-0.25, -0.2) is 0 Å². The first-order valence-electron chi connectivity index (χ1n) is 6.98. The fraction of sp³-hybridized carbons (Fsp3) is 0.500. The number of benzene rings is 1. The minimum atomic E-state index is -0.646. The van der Waals surface area contributed by atoms with Crippen LogP contribution in [0.1, 0.15) is 12.5 Å². The van der Waals surface area contributed by atoms with Crippen LogP contribution in [0.2, 0.25) is 0 Å². The Kier molecular flexibility index (Phi) is 10.7. The highest BCUT2D eigenvalue weighted by molar-refractivity contribution is 8.59. The Morgan fingerprint density at radius 1 is 1.33 bits per heavy atom. The number of β-amino-alcohol motifs (C(OH)–C–C–N with tert-alkyl or cyclic N) is 1. The zero-order valence-electron chi connectivity index (χ0n) is 13.2. The van der Waals surface area contributed by atoms with Crippen molar-refractivity contribution in [2.24, 2.45) is 0 Å². The van der Waals surface area contributed by atoms with Gasteiger partial charge in [-0.05, 0) is 24.1 Å². The van der Waals surface area contributed by atoms with E-state index in [9.17, 15) is 9.90 Å². The van der Waals surface area contributed by atoms with Gasteiger partial charge < -0.3 is 19.9 Å². The van der Waals surface area contributed by atoms with Gasteiger partial charge in [0.05, 0.1) is 13.2 Å². The van der Waals surface area contributed by atoms with Gasteiger partial charge >= 0.3 is 5.97 Å². The van der Waals surface area contributed by atoms with E-state index in [0.717, 1.165) is 11.3 Å². The van der Waals surface area contributed by atoms with Crippen molar-refractivity contribution >= 4 is 55.0 Å². The molecule has 1 aromatic rings. The molecule has 1 aliphatic rings. The van der Waals surface area contributed by atoms with Crippen molar-refractivity contribution in [2.75, 3.05) is 13.7 Å². The zero-order valence-corrected chi connectivity index (χ0v) is 17.3. The largest absolute Gasteiger partial charge is 0.497 e. The molecule has 0 unspecified atom stereocenters. The monoisotopic (exact) mass is 425 g/mol. The average molecular weight is 426 g/mol. The molecule has 0 amide bonds. The molecule has 0 aliphatic carbocycles. The Morgan fingerprint density at radius 3 is 2.42 bits per heavy atom. The number of methoxy groups -OCH3 is 1. The SMILES string of the molecule is COc1ccc(C[C@H]2NC[C@H](O)[C@H]2OC(C)=O)cc1.S=S=S=S=S. The number of aliphatic hydroxyl groups excluding tert-OH is 1. The summed E-state index contributed by atoms with van der Waals surface area (Å²) in [7, 11) is 5.57. The molecule has 2 N–H and O–H groups in total. The first kappa shape index (κ1) is 21.6. The lowest BCUT2D eigenvalue weighted by Crippen LogP contribution is -2.38. The maximum atomic E-state index is 11.0. The Morgan fingerprint density at radius 2 is 1.96 bits per heavy atom. The fourth-order valence-corrected chi connectivity index (χ4v) is 5.08. The molecule has 1 saturated heterocycles. The summed E-state index contributed by atoms with van der Waals surface area (Å²) in [5, 5.41) is 13.0. The van der Waals surface area contributed by atoms with Crippen LogP contribution < -0.4 is 10.1 Å². The van der Waals surface area contributed by atoms with Crippen molar-refractivity contribution in [1.82, 2.24) is 5.32 Å². The molecule has 0 spiro atoms. The number of esters is 1. The van der Waals surface area contributed by atoms with E-state index in [1.54, 1.807) is 7.11 Å². The highest BCUT2D eigenvalue weighted by Crippen LogP contribution is 2.19. The van der Waals surface area contributed by atoms with E-state index in [0.29, 0.717) is 13.0 Å². The van der Waals surface area contributed by atoms with Crippen LogP contribution in [0.5, 0.6) is 5.75 Å². The van der Waals surface area contributed by atoms with Gasteiger partial charge in [0, 0.05) is 62.5 Å². The van der Waals surface area contributed by atoms with Crippen LogP contribution in [0.15, 0.2) is 24.3 Å². The summed E-state index contributed by atoms with van der Waals surface area (Å²) in [5.41, 5.74) is 1.10. The predicted octanol–water partition coefficient (Wildman–Crippen LogP) is 0.490. The maximum Gasteiger partial charge on any atom is 0.303 e.